The Kier molecular flexibility index (Phi) is 7.60. The third kappa shape index (κ3) is 6.75. The predicted molar refractivity (Wildman–Crippen MR) is 125 cm³/mol. The molecule has 0 aliphatic carbocycles. The van der Waals surface area contributed by atoms with Crippen molar-refractivity contribution in [2.75, 3.05) is 30.4 Å². The maximum Gasteiger partial charge on any atom is 0.243 e. The lowest BCUT2D eigenvalue weighted by Gasteiger charge is -2.12. The van der Waals surface area contributed by atoms with E-state index in [0.717, 1.165) is 36.4 Å². The first kappa shape index (κ1) is 21.7. The predicted octanol–water partition coefficient (Wildman–Crippen LogP) is 4.87. The summed E-state index contributed by atoms with van der Waals surface area (Å²) in [4.78, 5) is 12.3. The Labute approximate surface area is 188 Å². The van der Waals surface area contributed by atoms with Gasteiger partial charge in [-0.1, -0.05) is 36.4 Å². The van der Waals surface area contributed by atoms with E-state index in [0.29, 0.717) is 24.7 Å². The number of rotatable bonds is 10. The monoisotopic (exact) mass is 432 g/mol. The van der Waals surface area contributed by atoms with Crippen LogP contribution in [0.1, 0.15) is 18.4 Å². The van der Waals surface area contributed by atoms with Gasteiger partial charge in [-0.2, -0.15) is 0 Å². The molecule has 4 rings (SSSR count). The Balaban J connectivity index is 1.20. The van der Waals surface area contributed by atoms with Gasteiger partial charge in [0.2, 0.25) is 5.91 Å². The number of hydrogen-bond acceptors (Lipinski definition) is 5. The second-order valence-electron chi connectivity index (χ2n) is 7.67. The van der Waals surface area contributed by atoms with Crippen LogP contribution in [-0.2, 0) is 16.1 Å². The zero-order chi connectivity index (χ0) is 22.0. The molecule has 1 atom stereocenters. The fourth-order valence-corrected chi connectivity index (χ4v) is 3.43. The molecule has 0 aromatic heterocycles. The van der Waals surface area contributed by atoms with Gasteiger partial charge in [0, 0.05) is 24.0 Å². The van der Waals surface area contributed by atoms with Crippen LogP contribution in [0.25, 0.3) is 0 Å². The third-order valence-corrected chi connectivity index (χ3v) is 5.13. The second-order valence-corrected chi connectivity index (χ2v) is 7.67. The highest BCUT2D eigenvalue weighted by atomic mass is 16.5. The summed E-state index contributed by atoms with van der Waals surface area (Å²) in [5.74, 6) is 1.37. The average Bonchev–Trinajstić information content (AvgIpc) is 3.35. The maximum atomic E-state index is 12.3. The van der Waals surface area contributed by atoms with Crippen LogP contribution in [0.15, 0.2) is 78.9 Å². The zero-order valence-corrected chi connectivity index (χ0v) is 18.0. The fraction of sp³-hybridized carbons (Fsp3) is 0.269. The summed E-state index contributed by atoms with van der Waals surface area (Å²) in [6.45, 7) is 2.03. The second kappa shape index (κ2) is 11.2. The number of anilines is 2. The van der Waals surface area contributed by atoms with Crippen LogP contribution in [0.4, 0.5) is 11.4 Å². The molecule has 0 radical (unpaired) electrons. The number of benzene rings is 3. The van der Waals surface area contributed by atoms with Crippen LogP contribution in [-0.4, -0.2) is 31.8 Å². The minimum absolute atomic E-state index is 0.135. The van der Waals surface area contributed by atoms with Crippen molar-refractivity contribution in [2.24, 2.45) is 0 Å². The molecule has 0 bridgehead atoms. The van der Waals surface area contributed by atoms with Gasteiger partial charge in [0.1, 0.15) is 24.7 Å². The largest absolute Gasteiger partial charge is 0.491 e. The SMILES string of the molecule is O=C(CNc1ccc(OCC2CCCO2)cc1)Nc1cccc(OCc2ccccc2)c1. The molecule has 0 spiro atoms. The minimum atomic E-state index is -0.135. The van der Waals surface area contributed by atoms with E-state index in [9.17, 15) is 4.79 Å². The molecule has 3 aromatic carbocycles. The van der Waals surface area contributed by atoms with Gasteiger partial charge in [-0.3, -0.25) is 4.79 Å². The molecule has 6 heteroatoms. The highest BCUT2D eigenvalue weighted by Gasteiger charge is 2.15. The first-order valence-corrected chi connectivity index (χ1v) is 10.9. The smallest absolute Gasteiger partial charge is 0.243 e. The zero-order valence-electron chi connectivity index (χ0n) is 18.0. The first-order valence-electron chi connectivity index (χ1n) is 10.9. The molecular formula is C26H28N2O4. The summed E-state index contributed by atoms with van der Waals surface area (Å²) in [7, 11) is 0. The molecule has 2 N–H and O–H groups in total. The molecule has 1 aliphatic rings. The van der Waals surface area contributed by atoms with Crippen LogP contribution in [0.5, 0.6) is 11.5 Å². The van der Waals surface area contributed by atoms with Crippen molar-refractivity contribution in [2.45, 2.75) is 25.6 Å². The van der Waals surface area contributed by atoms with Crippen LogP contribution in [0.2, 0.25) is 0 Å². The molecule has 1 aliphatic heterocycles. The molecular weight excluding hydrogens is 404 g/mol. The molecule has 0 saturated carbocycles. The molecule has 1 amide bonds. The quantitative estimate of drug-likeness (QED) is 0.478. The fourth-order valence-electron chi connectivity index (χ4n) is 3.43. The highest BCUT2D eigenvalue weighted by molar-refractivity contribution is 5.93. The Bertz CT molecular complexity index is 986. The van der Waals surface area contributed by atoms with Crippen LogP contribution < -0.4 is 20.1 Å². The van der Waals surface area contributed by atoms with Gasteiger partial charge in [-0.05, 0) is 54.8 Å². The van der Waals surface area contributed by atoms with E-state index in [-0.39, 0.29) is 18.6 Å². The molecule has 1 saturated heterocycles. The lowest BCUT2D eigenvalue weighted by Crippen LogP contribution is -2.21. The molecule has 32 heavy (non-hydrogen) atoms. The summed E-state index contributed by atoms with van der Waals surface area (Å²) in [6, 6.07) is 24.9. The van der Waals surface area contributed by atoms with Gasteiger partial charge < -0.3 is 24.8 Å². The topological polar surface area (TPSA) is 68.8 Å². The summed E-state index contributed by atoms with van der Waals surface area (Å²) >= 11 is 0. The van der Waals surface area contributed by atoms with E-state index >= 15 is 0 Å². The summed E-state index contributed by atoms with van der Waals surface area (Å²) < 4.78 is 17.1. The van der Waals surface area contributed by atoms with Gasteiger partial charge >= 0.3 is 0 Å². The Morgan fingerprint density at radius 3 is 2.53 bits per heavy atom. The molecule has 1 heterocycles. The van der Waals surface area contributed by atoms with E-state index in [1.165, 1.54) is 0 Å². The maximum absolute atomic E-state index is 12.3. The Hall–Kier alpha value is -3.51. The van der Waals surface area contributed by atoms with Crippen molar-refractivity contribution in [1.29, 1.82) is 0 Å². The number of carbonyl (C=O) groups is 1. The van der Waals surface area contributed by atoms with Crippen LogP contribution in [0, 0.1) is 0 Å². The Morgan fingerprint density at radius 2 is 1.75 bits per heavy atom. The van der Waals surface area contributed by atoms with Crippen molar-refractivity contribution in [1.82, 2.24) is 0 Å². The summed E-state index contributed by atoms with van der Waals surface area (Å²) in [5, 5.41) is 6.02. The molecule has 3 aromatic rings. The third-order valence-electron chi connectivity index (χ3n) is 5.13. The van der Waals surface area contributed by atoms with Crippen molar-refractivity contribution < 1.29 is 19.0 Å². The lowest BCUT2D eigenvalue weighted by atomic mass is 10.2. The molecule has 6 nitrogen and oxygen atoms in total. The number of nitrogens with one attached hydrogen (secondary N) is 2. The van der Waals surface area contributed by atoms with Gasteiger partial charge in [0.05, 0.1) is 12.6 Å². The van der Waals surface area contributed by atoms with Crippen molar-refractivity contribution >= 4 is 17.3 Å². The van der Waals surface area contributed by atoms with E-state index in [1.807, 2.05) is 78.9 Å². The Morgan fingerprint density at radius 1 is 0.906 bits per heavy atom. The minimum Gasteiger partial charge on any atom is -0.491 e. The van der Waals surface area contributed by atoms with Gasteiger partial charge in [-0.15, -0.1) is 0 Å². The van der Waals surface area contributed by atoms with Crippen LogP contribution >= 0.6 is 0 Å². The number of amides is 1. The van der Waals surface area contributed by atoms with Gasteiger partial charge in [0.25, 0.3) is 0 Å². The van der Waals surface area contributed by atoms with E-state index in [4.69, 9.17) is 14.2 Å². The normalized spacial score (nSPS) is 15.2. The standard InChI is InChI=1S/C26H28N2O4/c29-26(17-27-21-11-13-23(14-12-21)32-19-25-10-5-15-30-25)28-22-8-4-9-24(16-22)31-18-20-6-2-1-3-7-20/h1-4,6-9,11-14,16,25,27H,5,10,15,17-19H2,(H,28,29). The average molecular weight is 433 g/mol. The number of carbonyl (C=O) groups excluding carboxylic acids is 1. The van der Waals surface area contributed by atoms with E-state index in [1.54, 1.807) is 0 Å². The number of ether oxygens (including phenoxy) is 3. The van der Waals surface area contributed by atoms with Crippen molar-refractivity contribution in [3.63, 3.8) is 0 Å². The summed E-state index contributed by atoms with van der Waals surface area (Å²) in [5.41, 5.74) is 2.64. The summed E-state index contributed by atoms with van der Waals surface area (Å²) in [6.07, 6.45) is 2.35. The lowest BCUT2D eigenvalue weighted by molar-refractivity contribution is -0.114. The van der Waals surface area contributed by atoms with Gasteiger partial charge in [0.15, 0.2) is 0 Å². The van der Waals surface area contributed by atoms with E-state index in [2.05, 4.69) is 10.6 Å². The van der Waals surface area contributed by atoms with Crippen molar-refractivity contribution in [3.05, 3.63) is 84.4 Å². The van der Waals surface area contributed by atoms with E-state index < -0.39 is 0 Å². The molecule has 1 unspecified atom stereocenters. The highest BCUT2D eigenvalue weighted by Crippen LogP contribution is 2.20. The van der Waals surface area contributed by atoms with Crippen molar-refractivity contribution in [3.8, 4) is 11.5 Å². The molecule has 1 fully saturated rings. The number of hydrogen-bond donors (Lipinski definition) is 2. The first-order chi connectivity index (χ1) is 15.7. The van der Waals surface area contributed by atoms with Crippen LogP contribution in [0.3, 0.4) is 0 Å². The molecule has 166 valence electrons. The van der Waals surface area contributed by atoms with Gasteiger partial charge in [-0.25, -0.2) is 0 Å².